The molecule has 1 aliphatic rings. The molecular formula is C32H29N3O9. The zero-order valence-electron chi connectivity index (χ0n) is 24.4. The summed E-state index contributed by atoms with van der Waals surface area (Å²) in [5.41, 5.74) is 2.92. The summed E-state index contributed by atoms with van der Waals surface area (Å²) in [6, 6.07) is 19.2. The van der Waals surface area contributed by atoms with Crippen LogP contribution in [0.4, 0.5) is 0 Å². The first-order valence-electron chi connectivity index (χ1n) is 14.0. The van der Waals surface area contributed by atoms with Crippen molar-refractivity contribution in [1.82, 2.24) is 14.5 Å². The van der Waals surface area contributed by atoms with Gasteiger partial charge in [0, 0.05) is 33.1 Å². The molecule has 12 nitrogen and oxygen atoms in total. The monoisotopic (exact) mass is 599 g/mol. The molecule has 3 heterocycles. The molecule has 0 spiro atoms. The number of aromatic nitrogens is 3. The number of carbonyl (C=O) groups is 4. The Bertz CT molecular complexity index is 1950. The van der Waals surface area contributed by atoms with E-state index in [2.05, 4.69) is 0 Å². The summed E-state index contributed by atoms with van der Waals surface area (Å²) in [6.45, 7) is 4.45. The molecule has 1 saturated heterocycles. The van der Waals surface area contributed by atoms with Gasteiger partial charge in [0.15, 0.2) is 30.2 Å². The number of rotatable bonds is 6. The Morgan fingerprint density at radius 2 is 1.30 bits per heavy atom. The maximum atomic E-state index is 12.5. The number of carbonyl (C=O) groups excluding carboxylic acids is 4. The smallest absolute Gasteiger partial charge is 0.303 e. The number of nitrogens with zero attached hydrogens (tertiary/aromatic N) is 3. The topological polar surface area (TPSA) is 145 Å². The van der Waals surface area contributed by atoms with Crippen molar-refractivity contribution < 1.29 is 42.9 Å². The van der Waals surface area contributed by atoms with Crippen LogP contribution < -0.4 is 0 Å². The zero-order valence-corrected chi connectivity index (χ0v) is 24.4. The lowest BCUT2D eigenvalue weighted by molar-refractivity contribution is -0.267. The summed E-state index contributed by atoms with van der Waals surface area (Å²) < 4.78 is 30.4. The van der Waals surface area contributed by atoms with E-state index in [0.717, 1.165) is 16.2 Å². The van der Waals surface area contributed by atoms with Gasteiger partial charge in [-0.15, -0.1) is 0 Å². The van der Waals surface area contributed by atoms with Gasteiger partial charge in [-0.2, -0.15) is 0 Å². The van der Waals surface area contributed by atoms with Crippen molar-refractivity contribution >= 4 is 67.7 Å². The predicted octanol–water partition coefficient (Wildman–Crippen LogP) is 4.15. The second-order valence-corrected chi connectivity index (χ2v) is 10.6. The van der Waals surface area contributed by atoms with Gasteiger partial charge in [-0.3, -0.25) is 23.7 Å². The van der Waals surface area contributed by atoms with Crippen LogP contribution in [-0.2, 0) is 42.9 Å². The fourth-order valence-electron chi connectivity index (χ4n) is 5.75. The minimum absolute atomic E-state index is 0.341. The highest BCUT2D eigenvalue weighted by atomic mass is 16.7. The van der Waals surface area contributed by atoms with E-state index in [4.69, 9.17) is 33.7 Å². The standard InChI is InChI=1S/C32H29N3O9/c1-16(36)40-15-26-28(41-17(2)37)29(42-18(3)38)30(43-19(4)39)32(44-26)35-25-12-8-7-11-22(25)27-31(35)34-24-14-21-10-6-5-9-20(21)13-23(24)33-27/h5-14,26,28-30,32H,15H2,1-4H3/t26-,28-,29+,30+,32-/m1/s1. The van der Waals surface area contributed by atoms with Crippen LogP contribution in [0.3, 0.4) is 0 Å². The van der Waals surface area contributed by atoms with Gasteiger partial charge in [-0.05, 0) is 29.0 Å². The Labute approximate surface area is 250 Å². The third kappa shape index (κ3) is 5.39. The first kappa shape index (κ1) is 29.0. The Balaban J connectivity index is 1.61. The van der Waals surface area contributed by atoms with Gasteiger partial charge < -0.3 is 23.7 Å². The molecule has 0 bridgehead atoms. The van der Waals surface area contributed by atoms with Crippen molar-refractivity contribution in [3.63, 3.8) is 0 Å². The molecule has 6 rings (SSSR count). The molecule has 5 aromatic rings. The van der Waals surface area contributed by atoms with E-state index in [9.17, 15) is 19.2 Å². The predicted molar refractivity (Wildman–Crippen MR) is 157 cm³/mol. The van der Waals surface area contributed by atoms with E-state index < -0.39 is 54.5 Å². The lowest BCUT2D eigenvalue weighted by Gasteiger charge is -2.44. The average molecular weight is 600 g/mol. The van der Waals surface area contributed by atoms with Crippen LogP contribution >= 0.6 is 0 Å². The molecule has 0 radical (unpaired) electrons. The van der Waals surface area contributed by atoms with E-state index in [1.54, 1.807) is 4.57 Å². The lowest BCUT2D eigenvalue weighted by Crippen LogP contribution is -2.60. The van der Waals surface area contributed by atoms with Gasteiger partial charge in [0.1, 0.15) is 18.2 Å². The number of hydrogen-bond donors (Lipinski definition) is 0. The Hall–Kier alpha value is -5.10. The van der Waals surface area contributed by atoms with Crippen LogP contribution in [-0.4, -0.2) is 69.4 Å². The Morgan fingerprint density at radius 3 is 1.93 bits per heavy atom. The number of hydrogen-bond acceptors (Lipinski definition) is 11. The summed E-state index contributed by atoms with van der Waals surface area (Å²) in [5, 5.41) is 2.73. The second-order valence-electron chi connectivity index (χ2n) is 10.6. The molecule has 1 fully saturated rings. The van der Waals surface area contributed by atoms with Crippen LogP contribution in [0.1, 0.15) is 33.9 Å². The molecule has 3 aromatic carbocycles. The number of esters is 4. The van der Waals surface area contributed by atoms with Gasteiger partial charge in [0.2, 0.25) is 0 Å². The number of para-hydroxylation sites is 1. The van der Waals surface area contributed by atoms with Crippen molar-refractivity contribution in [2.75, 3.05) is 6.61 Å². The Morgan fingerprint density at radius 1 is 0.727 bits per heavy atom. The van der Waals surface area contributed by atoms with Crippen LogP contribution in [0.5, 0.6) is 0 Å². The van der Waals surface area contributed by atoms with Gasteiger partial charge >= 0.3 is 23.9 Å². The van der Waals surface area contributed by atoms with Gasteiger partial charge in [-0.1, -0.05) is 42.5 Å². The molecular weight excluding hydrogens is 570 g/mol. The highest BCUT2D eigenvalue weighted by molar-refractivity contribution is 6.07. The first-order valence-corrected chi connectivity index (χ1v) is 14.0. The van der Waals surface area contributed by atoms with Crippen LogP contribution in [0.25, 0.3) is 43.9 Å². The SMILES string of the molecule is CC(=O)OC[C@H]1O[C@@H](n2c3ccccc3c3nc4cc5ccccc5cc4nc32)[C@@H](OC(C)=O)[C@@H](OC(C)=O)[C@@H]1OC(C)=O. The molecule has 0 unspecified atom stereocenters. The van der Waals surface area contributed by atoms with Gasteiger partial charge in [0.05, 0.1) is 16.6 Å². The van der Waals surface area contributed by atoms with Crippen molar-refractivity contribution in [1.29, 1.82) is 0 Å². The molecule has 0 N–H and O–H groups in total. The van der Waals surface area contributed by atoms with Crippen molar-refractivity contribution in [3.05, 3.63) is 60.7 Å². The minimum Gasteiger partial charge on any atom is -0.463 e. The largest absolute Gasteiger partial charge is 0.463 e. The van der Waals surface area contributed by atoms with Crippen molar-refractivity contribution in [2.45, 2.75) is 58.3 Å². The first-order chi connectivity index (χ1) is 21.1. The summed E-state index contributed by atoms with van der Waals surface area (Å²) in [4.78, 5) is 58.8. The van der Waals surface area contributed by atoms with E-state index in [1.165, 1.54) is 27.7 Å². The molecule has 226 valence electrons. The van der Waals surface area contributed by atoms with Crippen LogP contribution in [0.15, 0.2) is 60.7 Å². The van der Waals surface area contributed by atoms with E-state index in [0.29, 0.717) is 27.7 Å². The van der Waals surface area contributed by atoms with E-state index >= 15 is 0 Å². The number of fused-ring (bicyclic) bond motifs is 5. The molecule has 12 heteroatoms. The van der Waals surface area contributed by atoms with Crippen LogP contribution in [0.2, 0.25) is 0 Å². The molecule has 0 saturated carbocycles. The maximum absolute atomic E-state index is 12.5. The highest BCUT2D eigenvalue weighted by Gasteiger charge is 2.53. The molecule has 44 heavy (non-hydrogen) atoms. The highest BCUT2D eigenvalue weighted by Crippen LogP contribution is 2.40. The fourth-order valence-corrected chi connectivity index (χ4v) is 5.75. The molecule has 1 aliphatic heterocycles. The number of benzene rings is 3. The number of ether oxygens (including phenoxy) is 5. The molecule has 5 atom stereocenters. The molecule has 2 aromatic heterocycles. The summed E-state index contributed by atoms with van der Waals surface area (Å²) in [5.74, 6) is -2.70. The molecule has 0 aliphatic carbocycles. The zero-order chi connectivity index (χ0) is 31.1. The molecule has 0 amide bonds. The van der Waals surface area contributed by atoms with Crippen molar-refractivity contribution in [2.24, 2.45) is 0 Å². The maximum Gasteiger partial charge on any atom is 0.303 e. The van der Waals surface area contributed by atoms with Gasteiger partial charge in [-0.25, -0.2) is 9.97 Å². The summed E-state index contributed by atoms with van der Waals surface area (Å²) in [6.07, 6.45) is -6.19. The van der Waals surface area contributed by atoms with Gasteiger partial charge in [0.25, 0.3) is 0 Å². The summed E-state index contributed by atoms with van der Waals surface area (Å²) >= 11 is 0. The van der Waals surface area contributed by atoms with E-state index in [1.807, 2.05) is 60.7 Å². The minimum atomic E-state index is -1.33. The Kier molecular flexibility index (Phi) is 7.60. The third-order valence-electron chi connectivity index (χ3n) is 7.38. The fraction of sp³-hybridized carbons (Fsp3) is 0.312. The average Bonchev–Trinajstić information content (AvgIpc) is 3.28. The van der Waals surface area contributed by atoms with Crippen LogP contribution in [0, 0.1) is 0 Å². The van der Waals surface area contributed by atoms with E-state index in [-0.39, 0.29) is 6.61 Å². The van der Waals surface area contributed by atoms with Crippen molar-refractivity contribution in [3.8, 4) is 0 Å². The lowest BCUT2D eigenvalue weighted by atomic mass is 9.97. The second kappa shape index (κ2) is 11.5. The normalized spacial score (nSPS) is 21.8. The summed E-state index contributed by atoms with van der Waals surface area (Å²) in [7, 11) is 0. The quantitative estimate of drug-likeness (QED) is 0.158. The third-order valence-corrected chi connectivity index (χ3v) is 7.38.